The van der Waals surface area contributed by atoms with Gasteiger partial charge in [-0.15, -0.1) is 0 Å². The average molecular weight is 223 g/mol. The van der Waals surface area contributed by atoms with E-state index in [-0.39, 0.29) is 6.54 Å². The van der Waals surface area contributed by atoms with E-state index in [0.29, 0.717) is 19.0 Å². The third-order valence-electron chi connectivity index (χ3n) is 2.72. The number of rotatable bonds is 3. The Balaban J connectivity index is 2.56. The first-order valence-corrected chi connectivity index (χ1v) is 4.93. The molecule has 0 spiro atoms. The van der Waals surface area contributed by atoms with Gasteiger partial charge in [0.2, 0.25) is 0 Å². The summed E-state index contributed by atoms with van der Waals surface area (Å²) in [6, 6.07) is 0. The first-order chi connectivity index (χ1) is 6.80. The van der Waals surface area contributed by atoms with E-state index in [0.717, 1.165) is 6.42 Å². The molecule has 2 unspecified atom stereocenters. The van der Waals surface area contributed by atoms with Crippen LogP contribution in [0, 0.1) is 17.2 Å². The van der Waals surface area contributed by atoms with Gasteiger partial charge in [0, 0.05) is 13.1 Å². The summed E-state index contributed by atoms with van der Waals surface area (Å²) in [6.07, 6.45) is -3.49. The van der Waals surface area contributed by atoms with Gasteiger partial charge in [0.1, 0.15) is 11.8 Å². The molecule has 1 rings (SSSR count). The lowest BCUT2D eigenvalue weighted by atomic mass is 10.1. The van der Waals surface area contributed by atoms with E-state index in [1.165, 1.54) is 0 Å². The van der Waals surface area contributed by atoms with Gasteiger partial charge in [-0.25, -0.2) is 0 Å². The molecule has 0 aromatic heterocycles. The molecule has 0 aromatic carbocycles. The SMILES string of the molecule is CC1CCN(CC(C(=N)N)C(F)(F)F)C1. The number of hydrogen-bond donors (Lipinski definition) is 2. The van der Waals surface area contributed by atoms with Crippen molar-refractivity contribution in [3.8, 4) is 0 Å². The van der Waals surface area contributed by atoms with Crippen molar-refractivity contribution in [2.24, 2.45) is 17.6 Å². The summed E-state index contributed by atoms with van der Waals surface area (Å²) >= 11 is 0. The zero-order valence-electron chi connectivity index (χ0n) is 8.64. The predicted octanol–water partition coefficient (Wildman–Crippen LogP) is 1.44. The first kappa shape index (κ1) is 12.3. The molecule has 0 aromatic rings. The summed E-state index contributed by atoms with van der Waals surface area (Å²) in [6.45, 7) is 3.17. The summed E-state index contributed by atoms with van der Waals surface area (Å²) in [5, 5.41) is 6.95. The summed E-state index contributed by atoms with van der Waals surface area (Å²) in [5.41, 5.74) is 4.97. The second-order valence-corrected chi connectivity index (χ2v) is 4.20. The van der Waals surface area contributed by atoms with Crippen LogP contribution in [0.1, 0.15) is 13.3 Å². The fourth-order valence-electron chi connectivity index (χ4n) is 1.83. The minimum absolute atomic E-state index is 0.177. The van der Waals surface area contributed by atoms with Crippen molar-refractivity contribution in [2.45, 2.75) is 19.5 Å². The Morgan fingerprint density at radius 3 is 2.53 bits per heavy atom. The molecule has 1 saturated heterocycles. The van der Waals surface area contributed by atoms with Crippen LogP contribution < -0.4 is 5.73 Å². The van der Waals surface area contributed by atoms with E-state index in [9.17, 15) is 13.2 Å². The second-order valence-electron chi connectivity index (χ2n) is 4.20. The van der Waals surface area contributed by atoms with Crippen LogP contribution in [0.3, 0.4) is 0 Å². The zero-order valence-corrected chi connectivity index (χ0v) is 8.64. The number of hydrogen-bond acceptors (Lipinski definition) is 2. The van der Waals surface area contributed by atoms with Gasteiger partial charge < -0.3 is 10.6 Å². The molecular formula is C9H16F3N3. The largest absolute Gasteiger partial charge is 0.399 e. The van der Waals surface area contributed by atoms with E-state index in [1.807, 2.05) is 6.92 Å². The molecule has 3 N–H and O–H groups in total. The summed E-state index contributed by atoms with van der Waals surface area (Å²) < 4.78 is 37.4. The number of nitrogens with two attached hydrogens (primary N) is 1. The van der Waals surface area contributed by atoms with Crippen molar-refractivity contribution in [3.63, 3.8) is 0 Å². The maximum atomic E-state index is 12.5. The molecule has 0 bridgehead atoms. The van der Waals surface area contributed by atoms with Gasteiger partial charge in [-0.2, -0.15) is 13.2 Å². The number of nitrogens with zero attached hydrogens (tertiary/aromatic N) is 1. The Labute approximate surface area is 86.9 Å². The Hall–Kier alpha value is -0.780. The van der Waals surface area contributed by atoms with E-state index in [4.69, 9.17) is 11.1 Å². The molecule has 1 aliphatic heterocycles. The van der Waals surface area contributed by atoms with Crippen molar-refractivity contribution in [1.82, 2.24) is 4.90 Å². The molecule has 3 nitrogen and oxygen atoms in total. The molecule has 1 heterocycles. The first-order valence-electron chi connectivity index (χ1n) is 4.93. The van der Waals surface area contributed by atoms with Gasteiger partial charge in [0.05, 0.1) is 0 Å². The lowest BCUT2D eigenvalue weighted by molar-refractivity contribution is -0.159. The van der Waals surface area contributed by atoms with Crippen molar-refractivity contribution in [3.05, 3.63) is 0 Å². The number of halogens is 3. The third kappa shape index (κ3) is 3.37. The van der Waals surface area contributed by atoms with Gasteiger partial charge in [0.15, 0.2) is 0 Å². The molecule has 6 heteroatoms. The number of alkyl halides is 3. The maximum absolute atomic E-state index is 12.5. The van der Waals surface area contributed by atoms with Gasteiger partial charge in [-0.1, -0.05) is 6.92 Å². The van der Waals surface area contributed by atoms with Crippen molar-refractivity contribution in [2.75, 3.05) is 19.6 Å². The van der Waals surface area contributed by atoms with E-state index >= 15 is 0 Å². The lowest BCUT2D eigenvalue weighted by Gasteiger charge is -2.24. The van der Waals surface area contributed by atoms with Crippen LogP contribution >= 0.6 is 0 Å². The lowest BCUT2D eigenvalue weighted by Crippen LogP contribution is -2.43. The molecule has 0 aliphatic carbocycles. The second kappa shape index (κ2) is 4.38. The fourth-order valence-corrected chi connectivity index (χ4v) is 1.83. The minimum atomic E-state index is -4.41. The number of nitrogens with one attached hydrogen (secondary N) is 1. The van der Waals surface area contributed by atoms with Crippen molar-refractivity contribution < 1.29 is 13.2 Å². The Bertz CT molecular complexity index is 239. The fraction of sp³-hybridized carbons (Fsp3) is 0.889. The van der Waals surface area contributed by atoms with Crippen molar-refractivity contribution in [1.29, 1.82) is 5.41 Å². The van der Waals surface area contributed by atoms with Crippen LogP contribution in [0.15, 0.2) is 0 Å². The van der Waals surface area contributed by atoms with Gasteiger partial charge in [-0.05, 0) is 18.9 Å². The van der Waals surface area contributed by atoms with Crippen LogP contribution in [-0.4, -0.2) is 36.5 Å². The topological polar surface area (TPSA) is 53.1 Å². The van der Waals surface area contributed by atoms with Gasteiger partial charge in [-0.3, -0.25) is 5.41 Å². The van der Waals surface area contributed by atoms with Gasteiger partial charge in [0.25, 0.3) is 0 Å². The van der Waals surface area contributed by atoms with Crippen LogP contribution in [-0.2, 0) is 0 Å². The van der Waals surface area contributed by atoms with Crippen LogP contribution in [0.2, 0.25) is 0 Å². The maximum Gasteiger partial charge on any atom is 0.399 e. The highest BCUT2D eigenvalue weighted by Crippen LogP contribution is 2.28. The van der Waals surface area contributed by atoms with E-state index < -0.39 is 17.9 Å². The smallest absolute Gasteiger partial charge is 0.387 e. The molecule has 0 radical (unpaired) electrons. The van der Waals surface area contributed by atoms with Crippen LogP contribution in [0.4, 0.5) is 13.2 Å². The quantitative estimate of drug-likeness (QED) is 0.562. The van der Waals surface area contributed by atoms with Gasteiger partial charge >= 0.3 is 6.18 Å². The van der Waals surface area contributed by atoms with Crippen LogP contribution in [0.5, 0.6) is 0 Å². The Morgan fingerprint density at radius 2 is 2.20 bits per heavy atom. The molecule has 1 aliphatic rings. The highest BCUT2D eigenvalue weighted by atomic mass is 19.4. The predicted molar refractivity (Wildman–Crippen MR) is 51.7 cm³/mol. The standard InChI is InChI=1S/C9H16F3N3/c1-6-2-3-15(4-6)5-7(8(13)14)9(10,11)12/h6-7H,2-5H2,1H3,(H3,13,14). The third-order valence-corrected chi connectivity index (χ3v) is 2.72. The minimum Gasteiger partial charge on any atom is -0.387 e. The summed E-state index contributed by atoms with van der Waals surface area (Å²) in [4.78, 5) is 1.73. The molecule has 0 amide bonds. The Kier molecular flexibility index (Phi) is 3.59. The normalized spacial score (nSPS) is 25.5. The molecule has 1 fully saturated rings. The monoisotopic (exact) mass is 223 g/mol. The van der Waals surface area contributed by atoms with E-state index in [1.54, 1.807) is 4.90 Å². The molecule has 2 atom stereocenters. The average Bonchev–Trinajstić information content (AvgIpc) is 2.44. The number of likely N-dealkylation sites (tertiary alicyclic amines) is 1. The molecular weight excluding hydrogens is 207 g/mol. The molecule has 15 heavy (non-hydrogen) atoms. The molecule has 88 valence electrons. The Morgan fingerprint density at radius 1 is 1.60 bits per heavy atom. The zero-order chi connectivity index (χ0) is 11.6. The van der Waals surface area contributed by atoms with Crippen molar-refractivity contribution >= 4 is 5.84 Å². The molecule has 0 saturated carbocycles. The summed E-state index contributed by atoms with van der Waals surface area (Å²) in [5.74, 6) is -2.17. The highest BCUT2D eigenvalue weighted by molar-refractivity contribution is 5.80. The summed E-state index contributed by atoms with van der Waals surface area (Å²) in [7, 11) is 0. The van der Waals surface area contributed by atoms with E-state index in [2.05, 4.69) is 0 Å². The van der Waals surface area contributed by atoms with Crippen LogP contribution in [0.25, 0.3) is 0 Å². The number of amidine groups is 1. The highest BCUT2D eigenvalue weighted by Gasteiger charge is 2.43.